The summed E-state index contributed by atoms with van der Waals surface area (Å²) in [5.41, 5.74) is 0.115. The van der Waals surface area contributed by atoms with Crippen LogP contribution >= 0.6 is 0 Å². The molecule has 0 heterocycles. The molecule has 1 rings (SSSR count). The summed E-state index contributed by atoms with van der Waals surface area (Å²) in [5, 5.41) is 0. The normalized spacial score (nSPS) is 11.4. The molecule has 1 aromatic carbocycles. The van der Waals surface area contributed by atoms with Crippen LogP contribution in [0.1, 0.15) is 39.2 Å². The van der Waals surface area contributed by atoms with E-state index in [1.165, 1.54) is 7.11 Å². The van der Waals surface area contributed by atoms with Gasteiger partial charge < -0.3 is 9.47 Å². The van der Waals surface area contributed by atoms with Gasteiger partial charge in [-0.25, -0.2) is 4.79 Å². The van der Waals surface area contributed by atoms with Gasteiger partial charge in [0, 0.05) is 0 Å². The minimum Gasteiger partial charge on any atom is -0.476 e. The Balaban J connectivity index is 2.99. The zero-order valence-corrected chi connectivity index (χ0v) is 11.1. The van der Waals surface area contributed by atoms with Crippen molar-refractivity contribution in [2.75, 3.05) is 7.11 Å². The number of para-hydroxylation sites is 1. The quantitative estimate of drug-likeness (QED) is 0.753. The molecule has 17 heavy (non-hydrogen) atoms. The Kier molecular flexibility index (Phi) is 4.16. The topological polar surface area (TPSA) is 35.5 Å². The molecule has 0 bridgehead atoms. The zero-order chi connectivity index (χ0) is 13.1. The van der Waals surface area contributed by atoms with Gasteiger partial charge in [-0.15, -0.1) is 0 Å². The van der Waals surface area contributed by atoms with Crippen LogP contribution in [0, 0.1) is 0 Å². The molecule has 0 aliphatic carbocycles. The molecule has 0 aromatic heterocycles. The summed E-state index contributed by atoms with van der Waals surface area (Å²) in [6, 6.07) is 7.75. The van der Waals surface area contributed by atoms with Crippen LogP contribution in [0.4, 0.5) is 0 Å². The molecule has 0 radical (unpaired) electrons. The predicted octanol–water partition coefficient (Wildman–Crippen LogP) is 3.14. The summed E-state index contributed by atoms with van der Waals surface area (Å²) in [7, 11) is 1.36. The molecule has 0 saturated heterocycles. The van der Waals surface area contributed by atoms with Gasteiger partial charge in [0.1, 0.15) is 5.75 Å². The van der Waals surface area contributed by atoms with Crippen LogP contribution in [0.15, 0.2) is 24.3 Å². The molecule has 1 aromatic rings. The highest BCUT2D eigenvalue weighted by Gasteiger charge is 2.31. The molecule has 0 atom stereocenters. The number of hydrogen-bond acceptors (Lipinski definition) is 3. The van der Waals surface area contributed by atoms with E-state index in [0.717, 1.165) is 11.3 Å². The van der Waals surface area contributed by atoms with Crippen molar-refractivity contribution in [2.24, 2.45) is 0 Å². The monoisotopic (exact) mass is 236 g/mol. The van der Waals surface area contributed by atoms with E-state index in [2.05, 4.69) is 13.8 Å². The van der Waals surface area contributed by atoms with Crippen molar-refractivity contribution in [2.45, 2.75) is 39.2 Å². The number of hydrogen-bond donors (Lipinski definition) is 0. The average molecular weight is 236 g/mol. The number of carbonyl (C=O) groups excluding carboxylic acids is 1. The second kappa shape index (κ2) is 5.21. The molecule has 0 spiro atoms. The van der Waals surface area contributed by atoms with Crippen LogP contribution in [0.3, 0.4) is 0 Å². The highest BCUT2D eigenvalue weighted by molar-refractivity contribution is 5.78. The maximum atomic E-state index is 11.6. The Morgan fingerprint density at radius 3 is 2.35 bits per heavy atom. The molecule has 0 unspecified atom stereocenters. The fourth-order valence-electron chi connectivity index (χ4n) is 1.61. The molecule has 94 valence electrons. The van der Waals surface area contributed by atoms with E-state index in [4.69, 9.17) is 9.47 Å². The van der Waals surface area contributed by atoms with Crippen molar-refractivity contribution >= 4 is 5.97 Å². The molecular formula is C14H20O3. The summed E-state index contributed by atoms with van der Waals surface area (Å²) in [5.74, 6) is 0.702. The van der Waals surface area contributed by atoms with Gasteiger partial charge in [0.2, 0.25) is 0 Å². The Morgan fingerprint density at radius 1 is 1.24 bits per heavy atom. The second-order valence-electron chi connectivity index (χ2n) is 4.80. The van der Waals surface area contributed by atoms with E-state index < -0.39 is 5.60 Å². The highest BCUT2D eigenvalue weighted by Crippen LogP contribution is 2.29. The third-order valence-corrected chi connectivity index (χ3v) is 2.58. The second-order valence-corrected chi connectivity index (χ2v) is 4.80. The molecule has 3 heteroatoms. The first kappa shape index (κ1) is 13.6. The van der Waals surface area contributed by atoms with E-state index >= 15 is 0 Å². The standard InChI is InChI=1S/C14H20O3/c1-10(2)11-8-6-7-9-12(11)17-14(3,4)13(15)16-5/h6-10H,1-5H3. The van der Waals surface area contributed by atoms with E-state index in [-0.39, 0.29) is 5.97 Å². The van der Waals surface area contributed by atoms with E-state index in [1.807, 2.05) is 24.3 Å². The molecule has 0 amide bonds. The first-order valence-corrected chi connectivity index (χ1v) is 5.75. The van der Waals surface area contributed by atoms with Gasteiger partial charge in [-0.05, 0) is 31.4 Å². The lowest BCUT2D eigenvalue weighted by Gasteiger charge is -2.25. The van der Waals surface area contributed by atoms with Crippen LogP contribution in [0.5, 0.6) is 5.75 Å². The lowest BCUT2D eigenvalue weighted by molar-refractivity contribution is -0.156. The lowest BCUT2D eigenvalue weighted by Crippen LogP contribution is -2.39. The van der Waals surface area contributed by atoms with Crippen LogP contribution in [-0.2, 0) is 9.53 Å². The predicted molar refractivity (Wildman–Crippen MR) is 67.3 cm³/mol. The highest BCUT2D eigenvalue weighted by atomic mass is 16.6. The first-order valence-electron chi connectivity index (χ1n) is 5.75. The average Bonchev–Trinajstić information content (AvgIpc) is 2.27. The number of ether oxygens (including phenoxy) is 2. The minimum absolute atomic E-state index is 0.347. The van der Waals surface area contributed by atoms with Gasteiger partial charge >= 0.3 is 5.97 Å². The van der Waals surface area contributed by atoms with Crippen molar-refractivity contribution in [3.63, 3.8) is 0 Å². The first-order chi connectivity index (χ1) is 7.88. The fraction of sp³-hybridized carbons (Fsp3) is 0.500. The van der Waals surface area contributed by atoms with Crippen LogP contribution in [0.25, 0.3) is 0 Å². The van der Waals surface area contributed by atoms with Crippen molar-refractivity contribution in [1.82, 2.24) is 0 Å². The molecule has 0 aliphatic heterocycles. The van der Waals surface area contributed by atoms with E-state index in [9.17, 15) is 4.79 Å². The number of benzene rings is 1. The van der Waals surface area contributed by atoms with Crippen LogP contribution in [0.2, 0.25) is 0 Å². The SMILES string of the molecule is COC(=O)C(C)(C)Oc1ccccc1C(C)C. The van der Waals surface area contributed by atoms with Crippen molar-refractivity contribution < 1.29 is 14.3 Å². The number of rotatable bonds is 4. The Hall–Kier alpha value is -1.51. The fourth-order valence-corrected chi connectivity index (χ4v) is 1.61. The molecular weight excluding hydrogens is 216 g/mol. The summed E-state index contributed by atoms with van der Waals surface area (Å²) >= 11 is 0. The number of carbonyl (C=O) groups is 1. The van der Waals surface area contributed by atoms with Gasteiger partial charge in [-0.1, -0.05) is 32.0 Å². The molecule has 0 fully saturated rings. The Labute approximate surface area is 103 Å². The Morgan fingerprint density at radius 2 is 1.82 bits per heavy atom. The van der Waals surface area contributed by atoms with Crippen LogP contribution < -0.4 is 4.74 Å². The summed E-state index contributed by atoms with van der Waals surface area (Å²) in [6.07, 6.45) is 0. The van der Waals surface area contributed by atoms with E-state index in [0.29, 0.717) is 5.92 Å². The largest absolute Gasteiger partial charge is 0.476 e. The van der Waals surface area contributed by atoms with Gasteiger partial charge in [-0.2, -0.15) is 0 Å². The van der Waals surface area contributed by atoms with Crippen molar-refractivity contribution in [1.29, 1.82) is 0 Å². The molecule has 0 N–H and O–H groups in total. The lowest BCUT2D eigenvalue weighted by atomic mass is 10.0. The summed E-state index contributed by atoms with van der Waals surface area (Å²) in [6.45, 7) is 7.59. The van der Waals surface area contributed by atoms with Crippen LogP contribution in [-0.4, -0.2) is 18.7 Å². The van der Waals surface area contributed by atoms with Crippen molar-refractivity contribution in [3.05, 3.63) is 29.8 Å². The van der Waals surface area contributed by atoms with Gasteiger partial charge in [0.25, 0.3) is 0 Å². The van der Waals surface area contributed by atoms with Gasteiger partial charge in [0.05, 0.1) is 7.11 Å². The van der Waals surface area contributed by atoms with Gasteiger partial charge in [0.15, 0.2) is 5.60 Å². The third-order valence-electron chi connectivity index (χ3n) is 2.58. The minimum atomic E-state index is -0.972. The van der Waals surface area contributed by atoms with Crippen molar-refractivity contribution in [3.8, 4) is 5.75 Å². The maximum absolute atomic E-state index is 11.6. The summed E-state index contributed by atoms with van der Waals surface area (Å²) < 4.78 is 10.5. The number of methoxy groups -OCH3 is 1. The zero-order valence-electron chi connectivity index (χ0n) is 11.1. The summed E-state index contributed by atoms with van der Waals surface area (Å²) in [4.78, 5) is 11.6. The van der Waals surface area contributed by atoms with Gasteiger partial charge in [-0.3, -0.25) is 0 Å². The maximum Gasteiger partial charge on any atom is 0.349 e. The number of esters is 1. The third kappa shape index (κ3) is 3.22. The molecule has 0 aliphatic rings. The molecule has 0 saturated carbocycles. The van der Waals surface area contributed by atoms with E-state index in [1.54, 1.807) is 13.8 Å². The molecule has 3 nitrogen and oxygen atoms in total. The Bertz CT molecular complexity index is 394. The smallest absolute Gasteiger partial charge is 0.349 e.